The standard InChI is InChI=1S/C13H19NO2/c1-4-14(5-2)11(3)16-13-8-6-7-12(9-13)10-15/h6-11H,4-5H2,1-3H3. The molecule has 0 heterocycles. The van der Waals surface area contributed by atoms with Crippen LogP contribution in [0.25, 0.3) is 0 Å². The fourth-order valence-electron chi connectivity index (χ4n) is 1.67. The predicted octanol–water partition coefficient (Wildman–Crippen LogP) is 2.57. The van der Waals surface area contributed by atoms with Crippen molar-refractivity contribution in [3.05, 3.63) is 29.8 Å². The van der Waals surface area contributed by atoms with Crippen LogP contribution in [-0.2, 0) is 0 Å². The average molecular weight is 221 g/mol. The van der Waals surface area contributed by atoms with Gasteiger partial charge in [0.1, 0.15) is 18.3 Å². The molecule has 0 N–H and O–H groups in total. The van der Waals surface area contributed by atoms with Gasteiger partial charge in [-0.15, -0.1) is 0 Å². The van der Waals surface area contributed by atoms with Crippen molar-refractivity contribution >= 4 is 6.29 Å². The molecule has 0 saturated carbocycles. The predicted molar refractivity (Wildman–Crippen MR) is 64.8 cm³/mol. The minimum atomic E-state index is 0.0249. The zero-order valence-corrected chi connectivity index (χ0v) is 10.1. The van der Waals surface area contributed by atoms with Crippen molar-refractivity contribution in [1.82, 2.24) is 4.90 Å². The van der Waals surface area contributed by atoms with E-state index in [0.717, 1.165) is 25.1 Å². The fourth-order valence-corrected chi connectivity index (χ4v) is 1.67. The Kier molecular flexibility index (Phi) is 4.99. The largest absolute Gasteiger partial charge is 0.475 e. The van der Waals surface area contributed by atoms with Gasteiger partial charge in [0.15, 0.2) is 0 Å². The normalized spacial score (nSPS) is 12.5. The smallest absolute Gasteiger partial charge is 0.150 e. The highest BCUT2D eigenvalue weighted by Crippen LogP contribution is 2.15. The molecule has 1 aromatic carbocycles. The van der Waals surface area contributed by atoms with E-state index in [2.05, 4.69) is 18.7 Å². The first kappa shape index (κ1) is 12.7. The maximum absolute atomic E-state index is 10.6. The molecule has 1 aromatic rings. The van der Waals surface area contributed by atoms with Crippen LogP contribution in [0, 0.1) is 0 Å². The molecule has 0 aliphatic rings. The van der Waals surface area contributed by atoms with Crippen LogP contribution in [0.5, 0.6) is 5.75 Å². The Morgan fingerprint density at radius 2 is 2.06 bits per heavy atom. The summed E-state index contributed by atoms with van der Waals surface area (Å²) in [5.41, 5.74) is 0.643. The third-order valence-corrected chi connectivity index (χ3v) is 2.63. The Bertz CT molecular complexity index is 334. The van der Waals surface area contributed by atoms with Gasteiger partial charge in [0.2, 0.25) is 0 Å². The highest BCUT2D eigenvalue weighted by Gasteiger charge is 2.11. The first-order valence-electron chi connectivity index (χ1n) is 5.67. The second-order valence-corrected chi connectivity index (χ2v) is 3.63. The van der Waals surface area contributed by atoms with Gasteiger partial charge in [-0.3, -0.25) is 9.69 Å². The Balaban J connectivity index is 2.68. The Morgan fingerprint density at radius 1 is 1.38 bits per heavy atom. The Hall–Kier alpha value is -1.35. The summed E-state index contributed by atoms with van der Waals surface area (Å²) in [5, 5.41) is 0. The van der Waals surface area contributed by atoms with E-state index in [1.807, 2.05) is 19.1 Å². The van der Waals surface area contributed by atoms with E-state index < -0.39 is 0 Å². The SMILES string of the molecule is CCN(CC)C(C)Oc1cccc(C=O)c1. The number of hydrogen-bond acceptors (Lipinski definition) is 3. The molecule has 0 amide bonds. The van der Waals surface area contributed by atoms with E-state index in [-0.39, 0.29) is 6.23 Å². The molecular formula is C13H19NO2. The zero-order chi connectivity index (χ0) is 12.0. The number of hydrogen-bond donors (Lipinski definition) is 0. The number of benzene rings is 1. The van der Waals surface area contributed by atoms with E-state index in [0.29, 0.717) is 5.56 Å². The van der Waals surface area contributed by atoms with Gasteiger partial charge >= 0.3 is 0 Å². The number of aldehydes is 1. The third kappa shape index (κ3) is 3.35. The van der Waals surface area contributed by atoms with Crippen molar-refractivity contribution < 1.29 is 9.53 Å². The quantitative estimate of drug-likeness (QED) is 0.546. The van der Waals surface area contributed by atoms with Crippen LogP contribution in [-0.4, -0.2) is 30.5 Å². The summed E-state index contributed by atoms with van der Waals surface area (Å²) in [6.45, 7) is 8.12. The summed E-state index contributed by atoms with van der Waals surface area (Å²) in [7, 11) is 0. The molecule has 0 spiro atoms. The van der Waals surface area contributed by atoms with Gasteiger partial charge in [-0.1, -0.05) is 26.0 Å². The van der Waals surface area contributed by atoms with Gasteiger partial charge in [-0.05, 0) is 32.1 Å². The molecule has 0 radical (unpaired) electrons. The van der Waals surface area contributed by atoms with Gasteiger partial charge in [0.25, 0.3) is 0 Å². The highest BCUT2D eigenvalue weighted by atomic mass is 16.5. The minimum Gasteiger partial charge on any atom is -0.475 e. The lowest BCUT2D eigenvalue weighted by Gasteiger charge is -2.26. The van der Waals surface area contributed by atoms with E-state index in [1.165, 1.54) is 0 Å². The average Bonchev–Trinajstić information content (AvgIpc) is 2.31. The molecule has 16 heavy (non-hydrogen) atoms. The van der Waals surface area contributed by atoms with Crippen LogP contribution in [0.1, 0.15) is 31.1 Å². The topological polar surface area (TPSA) is 29.5 Å². The lowest BCUT2D eigenvalue weighted by molar-refractivity contribution is 0.0480. The first-order chi connectivity index (χ1) is 7.71. The summed E-state index contributed by atoms with van der Waals surface area (Å²) in [5.74, 6) is 0.740. The Labute approximate surface area is 97.0 Å². The molecule has 0 bridgehead atoms. The van der Waals surface area contributed by atoms with Crippen LogP contribution in [0.2, 0.25) is 0 Å². The van der Waals surface area contributed by atoms with Gasteiger partial charge in [-0.25, -0.2) is 0 Å². The van der Waals surface area contributed by atoms with Crippen molar-refractivity contribution in [2.45, 2.75) is 27.0 Å². The highest BCUT2D eigenvalue weighted by molar-refractivity contribution is 5.75. The number of ether oxygens (including phenoxy) is 1. The molecule has 1 rings (SSSR count). The van der Waals surface area contributed by atoms with Crippen molar-refractivity contribution in [2.24, 2.45) is 0 Å². The molecule has 0 saturated heterocycles. The number of nitrogens with zero attached hydrogens (tertiary/aromatic N) is 1. The van der Waals surface area contributed by atoms with Crippen molar-refractivity contribution in [2.75, 3.05) is 13.1 Å². The molecule has 3 heteroatoms. The Morgan fingerprint density at radius 3 is 2.62 bits per heavy atom. The molecule has 0 aromatic heterocycles. The van der Waals surface area contributed by atoms with E-state index >= 15 is 0 Å². The molecule has 0 aliphatic carbocycles. The summed E-state index contributed by atoms with van der Waals surface area (Å²) in [6.07, 6.45) is 0.853. The van der Waals surface area contributed by atoms with Crippen molar-refractivity contribution in [3.8, 4) is 5.75 Å². The molecular weight excluding hydrogens is 202 g/mol. The molecule has 1 atom stereocenters. The van der Waals surface area contributed by atoms with E-state index in [1.54, 1.807) is 12.1 Å². The van der Waals surface area contributed by atoms with Gasteiger partial charge in [0, 0.05) is 5.56 Å². The lowest BCUT2D eigenvalue weighted by atomic mass is 10.2. The van der Waals surface area contributed by atoms with Crippen molar-refractivity contribution in [1.29, 1.82) is 0 Å². The minimum absolute atomic E-state index is 0.0249. The van der Waals surface area contributed by atoms with Gasteiger partial charge in [0.05, 0.1) is 0 Å². The summed E-state index contributed by atoms with van der Waals surface area (Å²) >= 11 is 0. The zero-order valence-electron chi connectivity index (χ0n) is 10.1. The maximum Gasteiger partial charge on any atom is 0.150 e. The van der Waals surface area contributed by atoms with E-state index in [4.69, 9.17) is 4.74 Å². The second kappa shape index (κ2) is 6.28. The van der Waals surface area contributed by atoms with Gasteiger partial charge < -0.3 is 4.74 Å². The molecule has 3 nitrogen and oxygen atoms in total. The molecule has 0 aliphatic heterocycles. The number of carbonyl (C=O) groups excluding carboxylic acids is 1. The number of rotatable bonds is 6. The number of carbonyl (C=O) groups is 1. The summed E-state index contributed by atoms with van der Waals surface area (Å²) in [4.78, 5) is 12.8. The molecule has 88 valence electrons. The van der Waals surface area contributed by atoms with Gasteiger partial charge in [-0.2, -0.15) is 0 Å². The third-order valence-electron chi connectivity index (χ3n) is 2.63. The monoisotopic (exact) mass is 221 g/mol. The molecule has 0 fully saturated rings. The summed E-state index contributed by atoms with van der Waals surface area (Å²) < 4.78 is 5.77. The lowest BCUT2D eigenvalue weighted by Crippen LogP contribution is -2.36. The van der Waals surface area contributed by atoms with Crippen LogP contribution in [0.15, 0.2) is 24.3 Å². The van der Waals surface area contributed by atoms with Crippen LogP contribution >= 0.6 is 0 Å². The fraction of sp³-hybridized carbons (Fsp3) is 0.462. The van der Waals surface area contributed by atoms with Crippen LogP contribution in [0.3, 0.4) is 0 Å². The van der Waals surface area contributed by atoms with Crippen molar-refractivity contribution in [3.63, 3.8) is 0 Å². The first-order valence-corrected chi connectivity index (χ1v) is 5.67. The van der Waals surface area contributed by atoms with Crippen LogP contribution in [0.4, 0.5) is 0 Å². The maximum atomic E-state index is 10.6. The van der Waals surface area contributed by atoms with Crippen LogP contribution < -0.4 is 4.74 Å². The molecule has 1 unspecified atom stereocenters. The second-order valence-electron chi connectivity index (χ2n) is 3.63. The summed E-state index contributed by atoms with van der Waals surface area (Å²) in [6, 6.07) is 7.22. The van der Waals surface area contributed by atoms with E-state index in [9.17, 15) is 4.79 Å².